The van der Waals surface area contributed by atoms with Gasteiger partial charge in [-0.1, -0.05) is 26.0 Å². The summed E-state index contributed by atoms with van der Waals surface area (Å²) >= 11 is 0. The lowest BCUT2D eigenvalue weighted by atomic mass is 9.68. The number of rotatable bonds is 4. The lowest BCUT2D eigenvalue weighted by molar-refractivity contribution is -0.137. The molecule has 0 radical (unpaired) electrons. The van der Waals surface area contributed by atoms with Crippen LogP contribution in [0, 0.1) is 16.7 Å². The third-order valence-corrected chi connectivity index (χ3v) is 7.81. The summed E-state index contributed by atoms with van der Waals surface area (Å²) in [5, 5.41) is 23.2. The van der Waals surface area contributed by atoms with Gasteiger partial charge >= 0.3 is 0 Å². The number of nitrogens with one attached hydrogen (secondary N) is 1. The van der Waals surface area contributed by atoms with Crippen molar-refractivity contribution in [2.45, 2.75) is 57.8 Å². The van der Waals surface area contributed by atoms with E-state index in [9.17, 15) is 19.5 Å². The molecule has 2 aromatic rings. The fourth-order valence-electron chi connectivity index (χ4n) is 5.65. The molecule has 4 heterocycles. The van der Waals surface area contributed by atoms with Crippen LogP contribution in [0.2, 0.25) is 0 Å². The highest BCUT2D eigenvalue weighted by Gasteiger charge is 2.50. The maximum absolute atomic E-state index is 13.0. The van der Waals surface area contributed by atoms with Gasteiger partial charge in [-0.25, -0.2) is 0 Å². The van der Waals surface area contributed by atoms with Crippen LogP contribution in [0.5, 0.6) is 0 Å². The number of amides is 3. The van der Waals surface area contributed by atoms with Crippen LogP contribution in [0.3, 0.4) is 0 Å². The Morgan fingerprint density at radius 3 is 2.58 bits per heavy atom. The SMILES string of the molecule is CC1(C)CN(Cc2ccc(C#N)cc2)CC[C@@]1(O)c1ccc2c(n1)CN([C@H]1CCC(=O)NC1=O)C2=O. The molecule has 3 aliphatic rings. The highest BCUT2D eigenvalue weighted by Crippen LogP contribution is 2.46. The summed E-state index contributed by atoms with van der Waals surface area (Å²) in [6.45, 7) is 6.25. The first-order valence-electron chi connectivity index (χ1n) is 12.2. The number of pyridine rings is 1. The van der Waals surface area contributed by atoms with Crippen molar-refractivity contribution in [3.05, 3.63) is 64.5 Å². The third kappa shape index (κ3) is 4.06. The third-order valence-electron chi connectivity index (χ3n) is 7.81. The predicted molar refractivity (Wildman–Crippen MR) is 129 cm³/mol. The van der Waals surface area contributed by atoms with Gasteiger partial charge in [-0.15, -0.1) is 0 Å². The minimum atomic E-state index is -1.19. The molecule has 3 amide bonds. The second kappa shape index (κ2) is 8.80. The van der Waals surface area contributed by atoms with Crippen molar-refractivity contribution >= 4 is 17.7 Å². The number of hydrogen-bond acceptors (Lipinski definition) is 7. The molecule has 0 bridgehead atoms. The number of aliphatic hydroxyl groups is 1. The van der Waals surface area contributed by atoms with E-state index in [0.29, 0.717) is 48.4 Å². The zero-order valence-electron chi connectivity index (χ0n) is 20.5. The molecule has 0 saturated carbocycles. The molecule has 2 atom stereocenters. The Kier molecular flexibility index (Phi) is 5.89. The van der Waals surface area contributed by atoms with E-state index >= 15 is 0 Å². The average molecular weight is 488 g/mol. The molecule has 5 rings (SSSR count). The van der Waals surface area contributed by atoms with Crippen LogP contribution >= 0.6 is 0 Å². The lowest BCUT2D eigenvalue weighted by Crippen LogP contribution is -2.55. The first-order valence-corrected chi connectivity index (χ1v) is 12.2. The molecule has 0 spiro atoms. The van der Waals surface area contributed by atoms with Gasteiger partial charge in [0.05, 0.1) is 35.1 Å². The van der Waals surface area contributed by atoms with Crippen LogP contribution in [0.4, 0.5) is 0 Å². The molecule has 2 N–H and O–H groups in total. The van der Waals surface area contributed by atoms with Crippen molar-refractivity contribution < 1.29 is 19.5 Å². The Bertz CT molecular complexity index is 1280. The molecule has 1 aromatic carbocycles. The maximum atomic E-state index is 13.0. The van der Waals surface area contributed by atoms with Gasteiger partial charge in [0, 0.05) is 31.5 Å². The number of aromatic nitrogens is 1. The Morgan fingerprint density at radius 1 is 1.17 bits per heavy atom. The van der Waals surface area contributed by atoms with E-state index in [0.717, 1.165) is 12.1 Å². The monoisotopic (exact) mass is 487 g/mol. The summed E-state index contributed by atoms with van der Waals surface area (Å²) in [7, 11) is 0. The topological polar surface area (TPSA) is 127 Å². The molecule has 0 unspecified atom stereocenters. The fraction of sp³-hybridized carbons (Fsp3) is 0.444. The first kappa shape index (κ1) is 24.1. The van der Waals surface area contributed by atoms with E-state index in [1.165, 1.54) is 4.90 Å². The minimum Gasteiger partial charge on any atom is -0.383 e. The summed E-state index contributed by atoms with van der Waals surface area (Å²) in [5.74, 6) is -1.06. The average Bonchev–Trinajstić information content (AvgIpc) is 3.17. The van der Waals surface area contributed by atoms with Crippen LogP contribution in [0.15, 0.2) is 36.4 Å². The molecular weight excluding hydrogens is 458 g/mol. The number of carbonyl (C=O) groups excluding carboxylic acids is 3. The maximum Gasteiger partial charge on any atom is 0.256 e. The summed E-state index contributed by atoms with van der Waals surface area (Å²) < 4.78 is 0. The number of fused-ring (bicyclic) bond motifs is 1. The Hall–Kier alpha value is -3.61. The standard InChI is InChI=1S/C27H29N5O4/c1-26(2)16-31(14-18-5-3-17(13-28)4-6-18)12-11-27(26,36)22-9-7-19-20(29-22)15-32(25(19)35)21-8-10-23(33)30-24(21)34/h3-7,9,21,36H,8,10-12,14-16H2,1-2H3,(H,30,33,34)/t21-,27+/m0/s1. The number of piperidine rings is 2. The smallest absolute Gasteiger partial charge is 0.256 e. The number of nitrogens with zero attached hydrogens (tertiary/aromatic N) is 4. The van der Waals surface area contributed by atoms with Gasteiger partial charge in [0.25, 0.3) is 5.91 Å². The highest BCUT2D eigenvalue weighted by atomic mass is 16.3. The minimum absolute atomic E-state index is 0.176. The summed E-state index contributed by atoms with van der Waals surface area (Å²) in [6, 6.07) is 12.4. The van der Waals surface area contributed by atoms with Gasteiger partial charge in [-0.3, -0.25) is 29.6 Å². The van der Waals surface area contributed by atoms with Gasteiger partial charge in [0.1, 0.15) is 11.6 Å². The van der Waals surface area contributed by atoms with Crippen LogP contribution in [0.25, 0.3) is 0 Å². The summed E-state index contributed by atoms with van der Waals surface area (Å²) in [5.41, 5.74) is 1.54. The largest absolute Gasteiger partial charge is 0.383 e. The molecule has 1 aromatic heterocycles. The molecule has 2 fully saturated rings. The number of likely N-dealkylation sites (tertiary alicyclic amines) is 1. The second-order valence-corrected chi connectivity index (χ2v) is 10.6. The van der Waals surface area contributed by atoms with E-state index in [-0.39, 0.29) is 24.8 Å². The van der Waals surface area contributed by atoms with Crippen molar-refractivity contribution in [1.29, 1.82) is 5.26 Å². The second-order valence-electron chi connectivity index (χ2n) is 10.6. The molecule has 3 aliphatic heterocycles. The summed E-state index contributed by atoms with van der Waals surface area (Å²) in [4.78, 5) is 45.4. The number of nitriles is 1. The quantitative estimate of drug-likeness (QED) is 0.630. The summed E-state index contributed by atoms with van der Waals surface area (Å²) in [6.07, 6.45) is 0.971. The van der Waals surface area contributed by atoms with Crippen molar-refractivity contribution in [3.63, 3.8) is 0 Å². The van der Waals surface area contributed by atoms with Gasteiger partial charge in [-0.05, 0) is 42.7 Å². The van der Waals surface area contributed by atoms with Crippen molar-refractivity contribution in [2.24, 2.45) is 5.41 Å². The van der Waals surface area contributed by atoms with E-state index in [4.69, 9.17) is 10.2 Å². The van der Waals surface area contributed by atoms with Crippen LogP contribution in [-0.2, 0) is 28.3 Å². The van der Waals surface area contributed by atoms with Gasteiger partial charge < -0.3 is 10.0 Å². The molecule has 2 saturated heterocycles. The first-order chi connectivity index (χ1) is 17.1. The molecule has 186 valence electrons. The zero-order chi connectivity index (χ0) is 25.7. The highest BCUT2D eigenvalue weighted by molar-refractivity contribution is 6.05. The van der Waals surface area contributed by atoms with Crippen LogP contribution in [0.1, 0.15) is 66.0 Å². The molecule has 9 nitrogen and oxygen atoms in total. The van der Waals surface area contributed by atoms with E-state index in [1.54, 1.807) is 12.1 Å². The predicted octanol–water partition coefficient (Wildman–Crippen LogP) is 1.83. The van der Waals surface area contributed by atoms with Crippen molar-refractivity contribution in [1.82, 2.24) is 20.1 Å². The van der Waals surface area contributed by atoms with E-state index < -0.39 is 23.0 Å². The zero-order valence-corrected chi connectivity index (χ0v) is 20.5. The number of carbonyl (C=O) groups is 3. The molecule has 9 heteroatoms. The number of imide groups is 1. The Morgan fingerprint density at radius 2 is 1.92 bits per heavy atom. The van der Waals surface area contributed by atoms with Gasteiger partial charge in [0.2, 0.25) is 11.8 Å². The lowest BCUT2D eigenvalue weighted by Gasteiger charge is -2.50. The van der Waals surface area contributed by atoms with Crippen molar-refractivity contribution in [2.75, 3.05) is 13.1 Å². The van der Waals surface area contributed by atoms with E-state index in [2.05, 4.69) is 16.3 Å². The Balaban J connectivity index is 1.33. The van der Waals surface area contributed by atoms with Crippen molar-refractivity contribution in [3.8, 4) is 6.07 Å². The van der Waals surface area contributed by atoms with Crippen LogP contribution < -0.4 is 5.32 Å². The molecule has 36 heavy (non-hydrogen) atoms. The number of benzene rings is 1. The van der Waals surface area contributed by atoms with Gasteiger partial charge in [-0.2, -0.15) is 5.26 Å². The van der Waals surface area contributed by atoms with Crippen LogP contribution in [-0.4, -0.2) is 56.7 Å². The molecule has 0 aliphatic carbocycles. The normalized spacial score (nSPS) is 25.9. The fourth-order valence-corrected chi connectivity index (χ4v) is 5.65. The molecular formula is C27H29N5O4. The van der Waals surface area contributed by atoms with Gasteiger partial charge in [0.15, 0.2) is 0 Å². The van der Waals surface area contributed by atoms with E-state index in [1.807, 2.05) is 38.1 Å². The Labute approximate surface area is 209 Å². The number of hydrogen-bond donors (Lipinski definition) is 2.